The first-order chi connectivity index (χ1) is 14.7. The van der Waals surface area contributed by atoms with Crippen molar-refractivity contribution in [3.05, 3.63) is 64.1 Å². The van der Waals surface area contributed by atoms with Crippen LogP contribution in [-0.4, -0.2) is 39.0 Å². The van der Waals surface area contributed by atoms with Gasteiger partial charge in [-0.05, 0) is 49.1 Å². The van der Waals surface area contributed by atoms with Gasteiger partial charge in [0.15, 0.2) is 0 Å². The van der Waals surface area contributed by atoms with E-state index in [0.717, 1.165) is 34.2 Å². The molecule has 0 bridgehead atoms. The minimum Gasteiger partial charge on any atom is -0.357 e. The molecule has 31 heavy (non-hydrogen) atoms. The molecule has 0 saturated carbocycles. The van der Waals surface area contributed by atoms with Gasteiger partial charge in [0.05, 0.1) is 19.4 Å². The first kappa shape index (κ1) is 23.2. The summed E-state index contributed by atoms with van der Waals surface area (Å²) in [6.07, 6.45) is 7.58. The quantitative estimate of drug-likeness (QED) is 0.579. The third-order valence-corrected chi connectivity index (χ3v) is 6.39. The van der Waals surface area contributed by atoms with Crippen LogP contribution in [0.4, 0.5) is 10.2 Å². The van der Waals surface area contributed by atoms with Crippen molar-refractivity contribution in [3.63, 3.8) is 0 Å². The number of piperidine rings is 1. The summed E-state index contributed by atoms with van der Waals surface area (Å²) in [7, 11) is 0. The number of nitrogens with zero attached hydrogens (tertiary/aromatic N) is 5. The van der Waals surface area contributed by atoms with Crippen molar-refractivity contribution in [2.75, 3.05) is 24.5 Å². The number of rotatable bonds is 7. The van der Waals surface area contributed by atoms with Gasteiger partial charge in [0.1, 0.15) is 12.1 Å². The van der Waals surface area contributed by atoms with Gasteiger partial charge in [-0.15, -0.1) is 23.7 Å². The van der Waals surface area contributed by atoms with E-state index in [1.807, 2.05) is 18.3 Å². The van der Waals surface area contributed by atoms with E-state index in [2.05, 4.69) is 27.1 Å². The number of nitrogens with two attached hydrogens (primary N) is 1. The normalized spacial score (nSPS) is 14.5. The number of halogens is 2. The molecule has 166 valence electrons. The number of hydrogen-bond acceptors (Lipinski definition) is 6. The highest BCUT2D eigenvalue weighted by molar-refractivity contribution is 7.15. The molecule has 3 aromatic heterocycles. The summed E-state index contributed by atoms with van der Waals surface area (Å²) in [4.78, 5) is 21.6. The molecule has 0 atom stereocenters. The molecule has 1 saturated heterocycles. The molecule has 1 aliphatic rings. The van der Waals surface area contributed by atoms with Crippen LogP contribution in [0.25, 0.3) is 10.4 Å². The highest BCUT2D eigenvalue weighted by Crippen LogP contribution is 2.29. The molecule has 0 amide bonds. The highest BCUT2D eigenvalue weighted by atomic mass is 35.5. The van der Waals surface area contributed by atoms with Crippen molar-refractivity contribution >= 4 is 29.6 Å². The number of thiophene rings is 1. The van der Waals surface area contributed by atoms with Gasteiger partial charge in [-0.3, -0.25) is 4.57 Å². The van der Waals surface area contributed by atoms with Crippen LogP contribution >= 0.6 is 23.7 Å². The summed E-state index contributed by atoms with van der Waals surface area (Å²) in [6, 6.07) is 8.25. The SMILES string of the molecule is Cl.NC/C(=C\F)Cn1ncn(Cc2ccc(-c3ccc(N4CCCCC4)nc3)s2)c1=O. The minimum atomic E-state index is -0.287. The lowest BCUT2D eigenvalue weighted by molar-refractivity contribution is 0.573. The van der Waals surface area contributed by atoms with Gasteiger partial charge in [0, 0.05) is 41.1 Å². The Labute approximate surface area is 190 Å². The Balaban J connectivity index is 0.00000272. The van der Waals surface area contributed by atoms with Crippen LogP contribution in [0.1, 0.15) is 24.1 Å². The van der Waals surface area contributed by atoms with E-state index in [4.69, 9.17) is 5.73 Å². The van der Waals surface area contributed by atoms with Gasteiger partial charge >= 0.3 is 5.69 Å². The highest BCUT2D eigenvalue weighted by Gasteiger charge is 2.13. The van der Waals surface area contributed by atoms with Gasteiger partial charge in [0.2, 0.25) is 0 Å². The largest absolute Gasteiger partial charge is 0.357 e. The molecule has 3 aromatic rings. The number of pyridine rings is 1. The van der Waals surface area contributed by atoms with E-state index in [0.29, 0.717) is 18.4 Å². The van der Waals surface area contributed by atoms with Gasteiger partial charge in [-0.2, -0.15) is 5.10 Å². The van der Waals surface area contributed by atoms with Crippen molar-refractivity contribution < 1.29 is 4.39 Å². The number of anilines is 1. The molecule has 2 N–H and O–H groups in total. The van der Waals surface area contributed by atoms with Crippen molar-refractivity contribution in [3.8, 4) is 10.4 Å². The molecule has 0 aliphatic carbocycles. The standard InChI is InChI=1S/C21H25FN6OS.ClH/c22-10-16(11-23)13-28-21(29)27(15-25-28)14-18-5-6-19(30-18)17-4-7-20(24-12-17)26-8-2-1-3-9-26;/h4-7,10,12,15H,1-3,8-9,11,13-14,23H2;1H/b16-10+;. The lowest BCUT2D eigenvalue weighted by atomic mass is 10.1. The fourth-order valence-electron chi connectivity index (χ4n) is 3.55. The summed E-state index contributed by atoms with van der Waals surface area (Å²) in [6.45, 7) is 2.68. The zero-order valence-corrected chi connectivity index (χ0v) is 18.7. The average Bonchev–Trinajstić information content (AvgIpc) is 3.40. The molecule has 0 spiro atoms. The third-order valence-electron chi connectivity index (χ3n) is 5.27. The number of aromatic nitrogens is 4. The summed E-state index contributed by atoms with van der Waals surface area (Å²) in [5.74, 6) is 1.04. The van der Waals surface area contributed by atoms with Crippen LogP contribution in [0.15, 0.2) is 53.5 Å². The molecule has 1 aliphatic heterocycles. The Kier molecular flexibility index (Phi) is 8.00. The smallest absolute Gasteiger partial charge is 0.346 e. The van der Waals surface area contributed by atoms with Crippen molar-refractivity contribution in [2.45, 2.75) is 32.4 Å². The molecular weight excluding hydrogens is 439 g/mol. The van der Waals surface area contributed by atoms with E-state index in [1.165, 1.54) is 34.8 Å². The monoisotopic (exact) mass is 464 g/mol. The molecule has 10 heteroatoms. The van der Waals surface area contributed by atoms with Crippen LogP contribution in [0.5, 0.6) is 0 Å². The maximum Gasteiger partial charge on any atom is 0.346 e. The van der Waals surface area contributed by atoms with Crippen LogP contribution in [0.2, 0.25) is 0 Å². The minimum absolute atomic E-state index is 0. The van der Waals surface area contributed by atoms with Crippen LogP contribution < -0.4 is 16.3 Å². The van der Waals surface area contributed by atoms with Gasteiger partial charge < -0.3 is 10.6 Å². The summed E-state index contributed by atoms with van der Waals surface area (Å²) >= 11 is 1.62. The fraction of sp³-hybridized carbons (Fsp3) is 0.381. The second-order valence-corrected chi connectivity index (χ2v) is 8.56. The maximum atomic E-state index is 12.7. The van der Waals surface area contributed by atoms with E-state index in [1.54, 1.807) is 11.3 Å². The molecular formula is C21H26ClFN6OS. The predicted octanol–water partition coefficient (Wildman–Crippen LogP) is 3.44. The summed E-state index contributed by atoms with van der Waals surface area (Å²) in [5, 5.41) is 4.06. The fourth-order valence-corrected chi connectivity index (χ4v) is 4.55. The second kappa shape index (κ2) is 10.7. The topological polar surface area (TPSA) is 82.0 Å². The van der Waals surface area contributed by atoms with Gasteiger partial charge in [-0.25, -0.2) is 18.9 Å². The van der Waals surface area contributed by atoms with E-state index < -0.39 is 0 Å². The zero-order valence-electron chi connectivity index (χ0n) is 17.1. The summed E-state index contributed by atoms with van der Waals surface area (Å²) in [5.41, 5.74) is 6.56. The average molecular weight is 465 g/mol. The molecule has 0 aromatic carbocycles. The molecule has 4 heterocycles. The lowest BCUT2D eigenvalue weighted by Crippen LogP contribution is -2.29. The Morgan fingerprint density at radius 2 is 2.00 bits per heavy atom. The Morgan fingerprint density at radius 1 is 1.19 bits per heavy atom. The van der Waals surface area contributed by atoms with E-state index in [-0.39, 0.29) is 31.2 Å². The van der Waals surface area contributed by atoms with Crippen LogP contribution in [0, 0.1) is 0 Å². The predicted molar refractivity (Wildman–Crippen MR) is 125 cm³/mol. The van der Waals surface area contributed by atoms with E-state index in [9.17, 15) is 9.18 Å². The van der Waals surface area contributed by atoms with E-state index >= 15 is 0 Å². The first-order valence-electron chi connectivity index (χ1n) is 10.1. The molecule has 7 nitrogen and oxygen atoms in total. The van der Waals surface area contributed by atoms with Crippen molar-refractivity contribution in [1.29, 1.82) is 0 Å². The number of hydrogen-bond donors (Lipinski definition) is 1. The first-order valence-corrected chi connectivity index (χ1v) is 10.9. The zero-order chi connectivity index (χ0) is 20.9. The van der Waals surface area contributed by atoms with Crippen LogP contribution in [-0.2, 0) is 13.1 Å². The van der Waals surface area contributed by atoms with Gasteiger partial charge in [0.25, 0.3) is 0 Å². The Bertz CT molecular complexity index is 1070. The Hall–Kier alpha value is -2.49. The maximum absolute atomic E-state index is 12.7. The molecule has 0 unspecified atom stereocenters. The van der Waals surface area contributed by atoms with Crippen LogP contribution in [0.3, 0.4) is 0 Å². The lowest BCUT2D eigenvalue weighted by Gasteiger charge is -2.27. The van der Waals surface area contributed by atoms with Gasteiger partial charge in [-0.1, -0.05) is 0 Å². The molecule has 0 radical (unpaired) electrons. The van der Waals surface area contributed by atoms with Crippen molar-refractivity contribution in [1.82, 2.24) is 19.3 Å². The third kappa shape index (κ3) is 5.41. The Morgan fingerprint density at radius 3 is 2.68 bits per heavy atom. The molecule has 1 fully saturated rings. The molecule has 4 rings (SSSR count). The van der Waals surface area contributed by atoms with Crippen molar-refractivity contribution in [2.24, 2.45) is 5.73 Å². The second-order valence-electron chi connectivity index (χ2n) is 7.39. The summed E-state index contributed by atoms with van der Waals surface area (Å²) < 4.78 is 15.5.